The van der Waals surface area contributed by atoms with Crippen LogP contribution >= 0.6 is 0 Å². The van der Waals surface area contributed by atoms with Gasteiger partial charge in [-0.25, -0.2) is 0 Å². The zero-order valence-corrected chi connectivity index (χ0v) is 9.48. The van der Waals surface area contributed by atoms with Crippen molar-refractivity contribution in [3.05, 3.63) is 30.1 Å². The minimum absolute atomic E-state index is 0.184. The topological polar surface area (TPSA) is 34.1 Å². The molecule has 1 atom stereocenters. The number of nitrogens with one attached hydrogen (secondary N) is 1. The van der Waals surface area contributed by atoms with Crippen LogP contribution in [0.4, 0.5) is 0 Å². The Balaban J connectivity index is 1.77. The summed E-state index contributed by atoms with van der Waals surface area (Å²) in [6.45, 7) is 2.84. The average Bonchev–Trinajstić information content (AvgIpc) is 2.77. The van der Waals surface area contributed by atoms with Crippen molar-refractivity contribution in [3.8, 4) is 0 Å². The second kappa shape index (κ2) is 4.15. The van der Waals surface area contributed by atoms with Crippen LogP contribution in [-0.2, 0) is 10.2 Å². The van der Waals surface area contributed by atoms with Crippen LogP contribution < -0.4 is 5.32 Å². The van der Waals surface area contributed by atoms with E-state index in [2.05, 4.69) is 22.4 Å². The first-order valence-corrected chi connectivity index (χ1v) is 6.12. The molecule has 3 rings (SSSR count). The van der Waals surface area contributed by atoms with E-state index in [4.69, 9.17) is 4.74 Å². The van der Waals surface area contributed by atoms with Gasteiger partial charge >= 0.3 is 0 Å². The lowest BCUT2D eigenvalue weighted by Gasteiger charge is -2.42. The summed E-state index contributed by atoms with van der Waals surface area (Å²) in [6, 6.07) is 6.85. The first-order chi connectivity index (χ1) is 7.89. The van der Waals surface area contributed by atoms with Gasteiger partial charge in [0.25, 0.3) is 0 Å². The third-order valence-corrected chi connectivity index (χ3v) is 3.76. The second-order valence-electron chi connectivity index (χ2n) is 4.99. The van der Waals surface area contributed by atoms with Crippen molar-refractivity contribution in [2.24, 2.45) is 0 Å². The van der Waals surface area contributed by atoms with Crippen LogP contribution in [0.3, 0.4) is 0 Å². The van der Waals surface area contributed by atoms with Crippen molar-refractivity contribution >= 4 is 0 Å². The Morgan fingerprint density at radius 1 is 1.44 bits per heavy atom. The van der Waals surface area contributed by atoms with Crippen molar-refractivity contribution < 1.29 is 4.74 Å². The van der Waals surface area contributed by atoms with Crippen LogP contribution in [0.15, 0.2) is 24.4 Å². The van der Waals surface area contributed by atoms with Gasteiger partial charge in [-0.3, -0.25) is 4.98 Å². The lowest BCUT2D eigenvalue weighted by atomic mass is 9.76. The molecule has 1 aromatic rings. The van der Waals surface area contributed by atoms with Crippen LogP contribution in [0.5, 0.6) is 0 Å². The van der Waals surface area contributed by atoms with Crippen LogP contribution in [0, 0.1) is 0 Å². The van der Waals surface area contributed by atoms with E-state index < -0.39 is 0 Å². The molecule has 0 bridgehead atoms. The molecule has 0 saturated carbocycles. The molecule has 2 aliphatic heterocycles. The normalized spacial score (nSPS) is 27.6. The fourth-order valence-corrected chi connectivity index (χ4v) is 2.80. The number of pyridine rings is 1. The van der Waals surface area contributed by atoms with Gasteiger partial charge in [0.1, 0.15) is 0 Å². The van der Waals surface area contributed by atoms with Gasteiger partial charge in [0, 0.05) is 12.2 Å². The Bertz CT molecular complexity index is 342. The van der Waals surface area contributed by atoms with Crippen LogP contribution in [0.1, 0.15) is 25.0 Å². The monoisotopic (exact) mass is 218 g/mol. The van der Waals surface area contributed by atoms with Gasteiger partial charge < -0.3 is 10.1 Å². The first-order valence-electron chi connectivity index (χ1n) is 6.12. The highest BCUT2D eigenvalue weighted by Gasteiger charge is 2.43. The van der Waals surface area contributed by atoms with Crippen molar-refractivity contribution in [3.63, 3.8) is 0 Å². The van der Waals surface area contributed by atoms with E-state index in [1.807, 2.05) is 12.3 Å². The molecule has 3 heteroatoms. The summed E-state index contributed by atoms with van der Waals surface area (Å²) in [7, 11) is 0. The van der Waals surface area contributed by atoms with Gasteiger partial charge in [-0.05, 0) is 37.9 Å². The van der Waals surface area contributed by atoms with Gasteiger partial charge in [-0.1, -0.05) is 6.07 Å². The van der Waals surface area contributed by atoms with Gasteiger partial charge in [-0.15, -0.1) is 0 Å². The van der Waals surface area contributed by atoms with Crippen LogP contribution in [0.25, 0.3) is 0 Å². The SMILES string of the molecule is c1ccc(C2(CC3CCCN3)COC2)nc1. The fourth-order valence-electron chi connectivity index (χ4n) is 2.80. The molecule has 0 aliphatic carbocycles. The van der Waals surface area contributed by atoms with Gasteiger partial charge in [0.2, 0.25) is 0 Å². The summed E-state index contributed by atoms with van der Waals surface area (Å²) in [4.78, 5) is 4.51. The molecule has 86 valence electrons. The minimum atomic E-state index is 0.184. The molecule has 3 nitrogen and oxygen atoms in total. The van der Waals surface area contributed by atoms with Crippen molar-refractivity contribution in [2.45, 2.75) is 30.7 Å². The molecule has 0 aromatic carbocycles. The van der Waals surface area contributed by atoms with Crippen LogP contribution in [-0.4, -0.2) is 30.8 Å². The average molecular weight is 218 g/mol. The highest BCUT2D eigenvalue weighted by molar-refractivity contribution is 5.21. The maximum Gasteiger partial charge on any atom is 0.0607 e. The highest BCUT2D eigenvalue weighted by Crippen LogP contribution is 2.36. The number of hydrogen-bond donors (Lipinski definition) is 1. The molecule has 2 fully saturated rings. The molecule has 1 N–H and O–H groups in total. The Morgan fingerprint density at radius 3 is 2.94 bits per heavy atom. The largest absolute Gasteiger partial charge is 0.379 e. The summed E-state index contributed by atoms with van der Waals surface area (Å²) >= 11 is 0. The van der Waals surface area contributed by atoms with E-state index in [0.29, 0.717) is 6.04 Å². The Hall–Kier alpha value is -0.930. The summed E-state index contributed by atoms with van der Waals surface area (Å²) in [6.07, 6.45) is 5.67. The van der Waals surface area contributed by atoms with E-state index in [1.54, 1.807) is 0 Å². The predicted octanol–water partition coefficient (Wildman–Crippen LogP) is 1.49. The molecular formula is C13H18N2O. The molecule has 1 unspecified atom stereocenters. The summed E-state index contributed by atoms with van der Waals surface area (Å²) in [5.74, 6) is 0. The predicted molar refractivity (Wildman–Crippen MR) is 62.4 cm³/mol. The zero-order valence-electron chi connectivity index (χ0n) is 9.48. The number of ether oxygens (including phenoxy) is 1. The molecule has 0 amide bonds. The van der Waals surface area contributed by atoms with E-state index >= 15 is 0 Å². The number of aromatic nitrogens is 1. The lowest BCUT2D eigenvalue weighted by Crippen LogP contribution is -2.50. The summed E-state index contributed by atoms with van der Waals surface area (Å²) in [5, 5.41) is 3.57. The molecule has 16 heavy (non-hydrogen) atoms. The molecule has 2 saturated heterocycles. The lowest BCUT2D eigenvalue weighted by molar-refractivity contribution is -0.0700. The summed E-state index contributed by atoms with van der Waals surface area (Å²) in [5.41, 5.74) is 1.39. The second-order valence-corrected chi connectivity index (χ2v) is 4.99. The van der Waals surface area contributed by atoms with Gasteiger partial charge in [-0.2, -0.15) is 0 Å². The molecule has 0 radical (unpaired) electrons. The smallest absolute Gasteiger partial charge is 0.0607 e. The number of nitrogens with zero attached hydrogens (tertiary/aromatic N) is 1. The molecule has 1 aromatic heterocycles. The number of rotatable bonds is 3. The molecule has 0 spiro atoms. The highest BCUT2D eigenvalue weighted by atomic mass is 16.5. The van der Waals surface area contributed by atoms with E-state index in [1.165, 1.54) is 31.5 Å². The number of hydrogen-bond acceptors (Lipinski definition) is 3. The Morgan fingerprint density at radius 2 is 2.38 bits per heavy atom. The maximum atomic E-state index is 5.44. The molecular weight excluding hydrogens is 200 g/mol. The first kappa shape index (κ1) is 10.2. The maximum absolute atomic E-state index is 5.44. The van der Waals surface area contributed by atoms with Crippen molar-refractivity contribution in [1.29, 1.82) is 0 Å². The quantitative estimate of drug-likeness (QED) is 0.834. The van der Waals surface area contributed by atoms with Crippen molar-refractivity contribution in [1.82, 2.24) is 10.3 Å². The standard InChI is InChI=1S/C13H18N2O/c1-2-6-15-12(5-1)13(9-16-10-13)8-11-4-3-7-14-11/h1-2,5-6,11,14H,3-4,7-10H2. The fraction of sp³-hybridized carbons (Fsp3) is 0.615. The summed E-state index contributed by atoms with van der Waals surface area (Å²) < 4.78 is 5.44. The molecule has 2 aliphatic rings. The third-order valence-electron chi connectivity index (χ3n) is 3.76. The van der Waals surface area contributed by atoms with E-state index in [0.717, 1.165) is 13.2 Å². The Kier molecular flexibility index (Phi) is 2.65. The van der Waals surface area contributed by atoms with E-state index in [9.17, 15) is 0 Å². The van der Waals surface area contributed by atoms with Gasteiger partial charge in [0.15, 0.2) is 0 Å². The molecule has 3 heterocycles. The van der Waals surface area contributed by atoms with Crippen molar-refractivity contribution in [2.75, 3.05) is 19.8 Å². The minimum Gasteiger partial charge on any atom is -0.379 e. The zero-order chi connectivity index (χ0) is 10.8. The third kappa shape index (κ3) is 1.74. The van der Waals surface area contributed by atoms with E-state index in [-0.39, 0.29) is 5.41 Å². The van der Waals surface area contributed by atoms with Gasteiger partial charge in [0.05, 0.1) is 24.3 Å². The Labute approximate surface area is 96.2 Å². The van der Waals surface area contributed by atoms with Crippen LogP contribution in [0.2, 0.25) is 0 Å².